The summed E-state index contributed by atoms with van der Waals surface area (Å²) in [6, 6.07) is 0.456. The molecule has 0 spiro atoms. The number of H-pyrrole nitrogens is 1. The lowest BCUT2D eigenvalue weighted by Gasteiger charge is -2.05. The third-order valence-electron chi connectivity index (χ3n) is 2.10. The fourth-order valence-electron chi connectivity index (χ4n) is 1.30. The van der Waals surface area contributed by atoms with Gasteiger partial charge in [-0.3, -0.25) is 0 Å². The zero-order valence-corrected chi connectivity index (χ0v) is 8.67. The van der Waals surface area contributed by atoms with Gasteiger partial charge >= 0.3 is 0 Å². The molecule has 0 bridgehead atoms. The van der Waals surface area contributed by atoms with Gasteiger partial charge < -0.3 is 10.3 Å². The van der Waals surface area contributed by atoms with Gasteiger partial charge in [0.25, 0.3) is 5.95 Å². The Labute approximate surface area is 94.9 Å². The predicted octanol–water partition coefficient (Wildman–Crippen LogP) is 1.88. The van der Waals surface area contributed by atoms with Crippen LogP contribution in [0.3, 0.4) is 0 Å². The number of nitrogens with one attached hydrogen (secondary N) is 2. The first kappa shape index (κ1) is 11.4. The minimum Gasteiger partial charge on any atom is -0.367 e. The second kappa shape index (κ2) is 4.86. The summed E-state index contributed by atoms with van der Waals surface area (Å²) in [5, 5.41) is 2.57. The molecule has 7 heteroatoms. The van der Waals surface area contributed by atoms with Gasteiger partial charge in [0.2, 0.25) is 0 Å². The molecule has 2 aromatic heterocycles. The van der Waals surface area contributed by atoms with Crippen molar-refractivity contribution in [1.29, 1.82) is 0 Å². The molecule has 90 valence electrons. The summed E-state index contributed by atoms with van der Waals surface area (Å²) >= 11 is 0. The Morgan fingerprint density at radius 2 is 2.06 bits per heavy atom. The van der Waals surface area contributed by atoms with Crippen molar-refractivity contribution in [3.63, 3.8) is 0 Å². The molecule has 0 aromatic carbocycles. The summed E-state index contributed by atoms with van der Waals surface area (Å²) in [4.78, 5) is 9.95. The summed E-state index contributed by atoms with van der Waals surface area (Å²) in [5.41, 5.74) is 0. The first-order chi connectivity index (χ1) is 8.16. The van der Waals surface area contributed by atoms with Gasteiger partial charge in [0.05, 0.1) is 0 Å². The average Bonchev–Trinajstić information content (AvgIpc) is 2.78. The van der Waals surface area contributed by atoms with E-state index in [-0.39, 0.29) is 5.82 Å². The number of pyridine rings is 1. The molecule has 0 aliphatic heterocycles. The largest absolute Gasteiger partial charge is 0.367 e. The number of nitrogens with zero attached hydrogens (tertiary/aromatic N) is 2. The second-order valence-corrected chi connectivity index (χ2v) is 3.30. The zero-order valence-electron chi connectivity index (χ0n) is 8.67. The molecular formula is C10H9F3N4. The van der Waals surface area contributed by atoms with E-state index in [1.54, 1.807) is 12.4 Å². The second-order valence-electron chi connectivity index (χ2n) is 3.30. The van der Waals surface area contributed by atoms with Crippen LogP contribution in [0.4, 0.5) is 19.0 Å². The highest BCUT2D eigenvalue weighted by Gasteiger charge is 2.10. The van der Waals surface area contributed by atoms with E-state index < -0.39 is 17.6 Å². The molecule has 0 atom stereocenters. The van der Waals surface area contributed by atoms with E-state index in [9.17, 15) is 13.2 Å². The number of anilines is 1. The van der Waals surface area contributed by atoms with Gasteiger partial charge in [-0.1, -0.05) is 0 Å². The Morgan fingerprint density at radius 3 is 2.76 bits per heavy atom. The average molecular weight is 242 g/mol. The van der Waals surface area contributed by atoms with Gasteiger partial charge in [-0.2, -0.15) is 9.37 Å². The molecule has 0 amide bonds. The molecule has 4 nitrogen and oxygen atoms in total. The molecule has 0 aliphatic carbocycles. The molecule has 2 heterocycles. The standard InChI is InChI=1S/C10H9F3N4/c11-6-5-7(12)10(17-9(6)13)16-2-1-8-14-3-4-15-8/h3-5H,1-2H2,(H,14,15)(H,16,17). The Kier molecular flexibility index (Phi) is 3.27. The van der Waals surface area contributed by atoms with Crippen molar-refractivity contribution in [1.82, 2.24) is 15.0 Å². The summed E-state index contributed by atoms with van der Waals surface area (Å²) in [5.74, 6) is -3.16. The molecule has 0 radical (unpaired) electrons. The Morgan fingerprint density at radius 1 is 1.24 bits per heavy atom. The molecule has 0 saturated heterocycles. The van der Waals surface area contributed by atoms with E-state index in [0.29, 0.717) is 24.9 Å². The van der Waals surface area contributed by atoms with Crippen LogP contribution in [0.2, 0.25) is 0 Å². The summed E-state index contributed by atoms with van der Waals surface area (Å²) in [6.45, 7) is 0.308. The monoisotopic (exact) mass is 242 g/mol. The highest BCUT2D eigenvalue weighted by atomic mass is 19.2. The van der Waals surface area contributed by atoms with Crippen molar-refractivity contribution in [2.45, 2.75) is 6.42 Å². The number of halogens is 3. The van der Waals surface area contributed by atoms with Crippen molar-refractivity contribution in [3.05, 3.63) is 41.9 Å². The van der Waals surface area contributed by atoms with E-state index in [2.05, 4.69) is 20.3 Å². The van der Waals surface area contributed by atoms with Gasteiger partial charge in [0.15, 0.2) is 17.5 Å². The highest BCUT2D eigenvalue weighted by molar-refractivity contribution is 5.36. The minimum atomic E-state index is -1.33. The smallest absolute Gasteiger partial charge is 0.251 e. The minimum absolute atomic E-state index is 0.308. The zero-order chi connectivity index (χ0) is 12.3. The Hall–Kier alpha value is -2.05. The van der Waals surface area contributed by atoms with Gasteiger partial charge in [-0.15, -0.1) is 0 Å². The van der Waals surface area contributed by atoms with Crippen LogP contribution in [0.25, 0.3) is 0 Å². The van der Waals surface area contributed by atoms with E-state index in [4.69, 9.17) is 0 Å². The molecule has 2 aromatic rings. The number of hydrogen-bond donors (Lipinski definition) is 2. The molecule has 0 fully saturated rings. The van der Waals surface area contributed by atoms with Gasteiger partial charge in [0, 0.05) is 31.4 Å². The highest BCUT2D eigenvalue weighted by Crippen LogP contribution is 2.13. The van der Waals surface area contributed by atoms with Crippen molar-refractivity contribution in [2.24, 2.45) is 0 Å². The summed E-state index contributed by atoms with van der Waals surface area (Å²) in [6.07, 6.45) is 3.74. The number of aromatic amines is 1. The summed E-state index contributed by atoms with van der Waals surface area (Å²) < 4.78 is 38.5. The number of imidazole rings is 1. The maximum Gasteiger partial charge on any atom is 0.251 e. The number of rotatable bonds is 4. The summed E-state index contributed by atoms with van der Waals surface area (Å²) in [7, 11) is 0. The fraction of sp³-hybridized carbons (Fsp3) is 0.200. The van der Waals surface area contributed by atoms with Gasteiger partial charge in [-0.25, -0.2) is 13.8 Å². The van der Waals surface area contributed by atoms with Crippen LogP contribution in [0, 0.1) is 17.6 Å². The van der Waals surface area contributed by atoms with Crippen LogP contribution < -0.4 is 5.32 Å². The van der Waals surface area contributed by atoms with Crippen molar-refractivity contribution in [3.8, 4) is 0 Å². The quantitative estimate of drug-likeness (QED) is 0.805. The first-order valence-electron chi connectivity index (χ1n) is 4.90. The maximum atomic E-state index is 13.1. The van der Waals surface area contributed by atoms with E-state index in [1.807, 2.05) is 0 Å². The third kappa shape index (κ3) is 2.74. The van der Waals surface area contributed by atoms with Crippen LogP contribution in [0.5, 0.6) is 0 Å². The lowest BCUT2D eigenvalue weighted by molar-refractivity contribution is 0.466. The predicted molar refractivity (Wildman–Crippen MR) is 54.9 cm³/mol. The van der Waals surface area contributed by atoms with Gasteiger partial charge in [0.1, 0.15) is 5.82 Å². The molecule has 0 aliphatic rings. The first-order valence-corrected chi connectivity index (χ1v) is 4.90. The van der Waals surface area contributed by atoms with Crippen LogP contribution in [0.15, 0.2) is 18.5 Å². The van der Waals surface area contributed by atoms with E-state index in [0.717, 1.165) is 0 Å². The molecule has 0 saturated carbocycles. The van der Waals surface area contributed by atoms with Crippen LogP contribution in [-0.2, 0) is 6.42 Å². The molecule has 17 heavy (non-hydrogen) atoms. The number of aromatic nitrogens is 3. The topological polar surface area (TPSA) is 53.6 Å². The van der Waals surface area contributed by atoms with Crippen LogP contribution in [-0.4, -0.2) is 21.5 Å². The normalized spacial score (nSPS) is 10.5. The van der Waals surface area contributed by atoms with Crippen LogP contribution in [0.1, 0.15) is 5.82 Å². The lowest BCUT2D eigenvalue weighted by Crippen LogP contribution is -2.10. The molecule has 2 N–H and O–H groups in total. The van der Waals surface area contributed by atoms with Crippen molar-refractivity contribution >= 4 is 5.82 Å². The van der Waals surface area contributed by atoms with Crippen molar-refractivity contribution < 1.29 is 13.2 Å². The third-order valence-corrected chi connectivity index (χ3v) is 2.10. The SMILES string of the molecule is Fc1cc(F)c(NCCc2ncc[nH]2)nc1F. The van der Waals surface area contributed by atoms with E-state index >= 15 is 0 Å². The van der Waals surface area contributed by atoms with Crippen molar-refractivity contribution in [2.75, 3.05) is 11.9 Å². The molecule has 2 rings (SSSR count). The molecular weight excluding hydrogens is 233 g/mol. The Balaban J connectivity index is 1.97. The Bertz CT molecular complexity index is 499. The van der Waals surface area contributed by atoms with Crippen LogP contribution >= 0.6 is 0 Å². The molecule has 0 unspecified atom stereocenters. The number of hydrogen-bond acceptors (Lipinski definition) is 3. The van der Waals surface area contributed by atoms with Gasteiger partial charge in [-0.05, 0) is 0 Å². The lowest BCUT2D eigenvalue weighted by atomic mass is 10.3. The maximum absolute atomic E-state index is 13.1. The van der Waals surface area contributed by atoms with E-state index in [1.165, 1.54) is 0 Å². The fourth-order valence-corrected chi connectivity index (χ4v) is 1.30.